The van der Waals surface area contributed by atoms with E-state index in [4.69, 9.17) is 4.74 Å². The lowest BCUT2D eigenvalue weighted by Crippen LogP contribution is -2.52. The molecule has 2 amide bonds. The highest BCUT2D eigenvalue weighted by Crippen LogP contribution is 2.27. The molecule has 0 aromatic heterocycles. The van der Waals surface area contributed by atoms with Gasteiger partial charge in [0.25, 0.3) is 10.0 Å². The molecule has 0 bridgehead atoms. The summed E-state index contributed by atoms with van der Waals surface area (Å²) < 4.78 is 34.1. The fourth-order valence-electron chi connectivity index (χ4n) is 4.98. The molecular weight excluding hydrogens is 526 g/mol. The standard InChI is InChI=1S/C31H37N3O5S/c1-23-11-7-10-16-29(23)34(40(37,38)28-14-5-4-6-15-28)22-30(35)33(21-25-17-19-27(39-3)20-18-25)24(2)31(36)32-26-12-8-9-13-26/h4-7,10-11,14-20,24,26H,8-9,12-13,21-22H2,1-3H3,(H,32,36)/t24-/m1/s1. The summed E-state index contributed by atoms with van der Waals surface area (Å²) >= 11 is 0. The van der Waals surface area contributed by atoms with Crippen LogP contribution in [-0.4, -0.2) is 50.9 Å². The number of nitrogens with one attached hydrogen (secondary N) is 1. The molecule has 9 heteroatoms. The monoisotopic (exact) mass is 563 g/mol. The first-order valence-electron chi connectivity index (χ1n) is 13.6. The molecule has 1 aliphatic rings. The van der Waals surface area contributed by atoms with Crippen LogP contribution in [0.15, 0.2) is 83.8 Å². The van der Waals surface area contributed by atoms with Gasteiger partial charge in [0.2, 0.25) is 11.8 Å². The number of ether oxygens (including phenoxy) is 1. The average molecular weight is 564 g/mol. The van der Waals surface area contributed by atoms with E-state index in [2.05, 4.69) is 5.32 Å². The zero-order valence-electron chi connectivity index (χ0n) is 23.2. The highest BCUT2D eigenvalue weighted by molar-refractivity contribution is 7.92. The van der Waals surface area contributed by atoms with Gasteiger partial charge in [0.05, 0.1) is 17.7 Å². The SMILES string of the molecule is COc1ccc(CN(C(=O)CN(c2ccccc2C)S(=O)(=O)c2ccccc2)[C@H](C)C(=O)NC2CCCC2)cc1. The van der Waals surface area contributed by atoms with Crippen molar-refractivity contribution in [1.29, 1.82) is 0 Å². The summed E-state index contributed by atoms with van der Waals surface area (Å²) in [6.45, 7) is 3.17. The van der Waals surface area contributed by atoms with E-state index in [9.17, 15) is 18.0 Å². The lowest BCUT2D eigenvalue weighted by atomic mass is 10.1. The van der Waals surface area contributed by atoms with E-state index in [1.54, 1.807) is 69.5 Å². The van der Waals surface area contributed by atoms with Gasteiger partial charge in [-0.15, -0.1) is 0 Å². The zero-order valence-corrected chi connectivity index (χ0v) is 24.1. The maximum Gasteiger partial charge on any atom is 0.264 e. The van der Waals surface area contributed by atoms with Gasteiger partial charge in [-0.2, -0.15) is 0 Å². The van der Waals surface area contributed by atoms with Crippen LogP contribution in [0.2, 0.25) is 0 Å². The minimum absolute atomic E-state index is 0.0831. The first-order chi connectivity index (χ1) is 19.2. The van der Waals surface area contributed by atoms with E-state index in [-0.39, 0.29) is 23.4 Å². The van der Waals surface area contributed by atoms with Gasteiger partial charge in [-0.05, 0) is 68.1 Å². The third-order valence-corrected chi connectivity index (χ3v) is 9.15. The van der Waals surface area contributed by atoms with Gasteiger partial charge >= 0.3 is 0 Å². The van der Waals surface area contributed by atoms with Crippen LogP contribution in [0, 0.1) is 6.92 Å². The number of sulfonamides is 1. The molecule has 1 fully saturated rings. The van der Waals surface area contributed by atoms with Crippen LogP contribution in [0.4, 0.5) is 5.69 Å². The van der Waals surface area contributed by atoms with Gasteiger partial charge in [0.1, 0.15) is 18.3 Å². The number of anilines is 1. The van der Waals surface area contributed by atoms with Crippen LogP contribution in [0.25, 0.3) is 0 Å². The summed E-state index contributed by atoms with van der Waals surface area (Å²) in [6, 6.07) is 21.6. The second-order valence-corrected chi connectivity index (χ2v) is 12.0. The fraction of sp³-hybridized carbons (Fsp3) is 0.355. The van der Waals surface area contributed by atoms with E-state index >= 15 is 0 Å². The van der Waals surface area contributed by atoms with Crippen molar-refractivity contribution in [3.63, 3.8) is 0 Å². The molecule has 3 aromatic carbocycles. The first-order valence-corrected chi connectivity index (χ1v) is 15.0. The summed E-state index contributed by atoms with van der Waals surface area (Å²) in [5.41, 5.74) is 1.92. The molecule has 1 N–H and O–H groups in total. The number of methoxy groups -OCH3 is 1. The normalized spacial score (nSPS) is 14.4. The quantitative estimate of drug-likeness (QED) is 0.366. The van der Waals surface area contributed by atoms with E-state index < -0.39 is 28.5 Å². The van der Waals surface area contributed by atoms with Gasteiger partial charge in [-0.25, -0.2) is 8.42 Å². The van der Waals surface area contributed by atoms with Crippen LogP contribution in [0.5, 0.6) is 5.75 Å². The average Bonchev–Trinajstić information content (AvgIpc) is 3.48. The number of nitrogens with zero attached hydrogens (tertiary/aromatic N) is 2. The number of hydrogen-bond acceptors (Lipinski definition) is 5. The molecule has 8 nitrogen and oxygen atoms in total. The number of carbonyl (C=O) groups excluding carboxylic acids is 2. The highest BCUT2D eigenvalue weighted by atomic mass is 32.2. The van der Waals surface area contributed by atoms with Crippen molar-refractivity contribution in [2.75, 3.05) is 18.0 Å². The van der Waals surface area contributed by atoms with Crippen molar-refractivity contribution in [2.24, 2.45) is 0 Å². The minimum Gasteiger partial charge on any atom is -0.497 e. The molecule has 3 aromatic rings. The van der Waals surface area contributed by atoms with Gasteiger partial charge in [0.15, 0.2) is 0 Å². The molecule has 0 radical (unpaired) electrons. The molecule has 0 aliphatic heterocycles. The Balaban J connectivity index is 1.68. The molecule has 0 spiro atoms. The summed E-state index contributed by atoms with van der Waals surface area (Å²) in [6.07, 6.45) is 3.97. The smallest absolute Gasteiger partial charge is 0.264 e. The Bertz CT molecular complexity index is 1400. The third-order valence-electron chi connectivity index (χ3n) is 7.38. The molecule has 1 aliphatic carbocycles. The number of hydrogen-bond donors (Lipinski definition) is 1. The number of carbonyl (C=O) groups is 2. The largest absolute Gasteiger partial charge is 0.497 e. The Morgan fingerprint density at radius 1 is 0.950 bits per heavy atom. The summed E-state index contributed by atoms with van der Waals surface area (Å²) in [5, 5.41) is 3.08. The molecule has 1 saturated carbocycles. The highest BCUT2D eigenvalue weighted by Gasteiger charge is 2.33. The van der Waals surface area contributed by atoms with Crippen LogP contribution in [-0.2, 0) is 26.2 Å². The summed E-state index contributed by atoms with van der Waals surface area (Å²) in [5.74, 6) is -0.0527. The van der Waals surface area contributed by atoms with Crippen molar-refractivity contribution in [3.05, 3.63) is 90.0 Å². The maximum absolute atomic E-state index is 14.0. The van der Waals surface area contributed by atoms with Crippen LogP contribution in [0.3, 0.4) is 0 Å². The Hall–Kier alpha value is -3.85. The van der Waals surface area contributed by atoms with Crippen molar-refractivity contribution in [2.45, 2.75) is 63.1 Å². The number of para-hydroxylation sites is 1. The molecule has 40 heavy (non-hydrogen) atoms. The first kappa shape index (κ1) is 29.1. The van der Waals surface area contributed by atoms with Crippen molar-refractivity contribution < 1.29 is 22.7 Å². The number of rotatable bonds is 11. The Labute approximate surface area is 237 Å². The second-order valence-electron chi connectivity index (χ2n) is 10.1. The Kier molecular flexibility index (Phi) is 9.47. The van der Waals surface area contributed by atoms with Crippen molar-refractivity contribution in [1.82, 2.24) is 10.2 Å². The van der Waals surface area contributed by atoms with Gasteiger partial charge < -0.3 is 15.0 Å². The number of aryl methyl sites for hydroxylation is 1. The third kappa shape index (κ3) is 6.83. The molecule has 0 saturated heterocycles. The predicted octanol–water partition coefficient (Wildman–Crippen LogP) is 4.68. The molecule has 0 heterocycles. The lowest BCUT2D eigenvalue weighted by molar-refractivity contribution is -0.139. The Morgan fingerprint density at radius 2 is 1.57 bits per heavy atom. The van der Waals surface area contributed by atoms with Gasteiger partial charge in [-0.3, -0.25) is 13.9 Å². The van der Waals surface area contributed by atoms with E-state index in [1.165, 1.54) is 17.0 Å². The van der Waals surface area contributed by atoms with E-state index in [0.29, 0.717) is 17.0 Å². The molecule has 1 atom stereocenters. The molecule has 0 unspecified atom stereocenters. The zero-order chi connectivity index (χ0) is 28.7. The summed E-state index contributed by atoms with van der Waals surface area (Å²) in [7, 11) is -2.51. The minimum atomic E-state index is -4.08. The number of amides is 2. The van der Waals surface area contributed by atoms with Crippen molar-refractivity contribution >= 4 is 27.5 Å². The van der Waals surface area contributed by atoms with Crippen LogP contribution >= 0.6 is 0 Å². The van der Waals surface area contributed by atoms with E-state index in [0.717, 1.165) is 35.6 Å². The van der Waals surface area contributed by atoms with Crippen LogP contribution in [0.1, 0.15) is 43.7 Å². The van der Waals surface area contributed by atoms with Gasteiger partial charge in [-0.1, -0.05) is 61.4 Å². The van der Waals surface area contributed by atoms with E-state index in [1.807, 2.05) is 18.2 Å². The van der Waals surface area contributed by atoms with Gasteiger partial charge in [0, 0.05) is 12.6 Å². The van der Waals surface area contributed by atoms with Crippen molar-refractivity contribution in [3.8, 4) is 5.75 Å². The van der Waals surface area contributed by atoms with Crippen LogP contribution < -0.4 is 14.4 Å². The molecular formula is C31H37N3O5S. The topological polar surface area (TPSA) is 96.0 Å². The number of benzene rings is 3. The maximum atomic E-state index is 14.0. The Morgan fingerprint density at radius 3 is 2.20 bits per heavy atom. The molecule has 212 valence electrons. The molecule has 4 rings (SSSR count). The summed E-state index contributed by atoms with van der Waals surface area (Å²) in [4.78, 5) is 28.9. The lowest BCUT2D eigenvalue weighted by Gasteiger charge is -2.33. The predicted molar refractivity (Wildman–Crippen MR) is 156 cm³/mol. The second kappa shape index (κ2) is 13.0. The fourth-order valence-corrected chi connectivity index (χ4v) is 6.48.